The molecule has 0 radical (unpaired) electrons. The van der Waals surface area contributed by atoms with Crippen LogP contribution in [0.2, 0.25) is 0 Å². The molecule has 42 heavy (non-hydrogen) atoms. The summed E-state index contributed by atoms with van der Waals surface area (Å²) in [6.45, 7) is 0. The first-order chi connectivity index (χ1) is 20.3. The van der Waals surface area contributed by atoms with Gasteiger partial charge >= 0.3 is 11.7 Å². The molecule has 214 valence electrons. The Morgan fingerprint density at radius 2 is 1.52 bits per heavy atom. The van der Waals surface area contributed by atoms with Crippen molar-refractivity contribution < 1.29 is 33.4 Å². The molecule has 2 heterocycles. The minimum Gasteiger partial charge on any atom is -0.493 e. The van der Waals surface area contributed by atoms with Gasteiger partial charge in [-0.1, -0.05) is 0 Å². The molecular weight excluding hydrogens is 548 g/mol. The topological polar surface area (TPSA) is 157 Å². The smallest absolute Gasteiger partial charge is 0.343 e. The maximum Gasteiger partial charge on any atom is 0.343 e. The molecule has 0 saturated heterocycles. The molecule has 1 N–H and O–H groups in total. The standard InChI is InChI=1S/C29H24N4O9/c1-38-23-10-7-17(11-24(23)42-28(34)16-5-8-18(9-6-16)33(36)37)20-14-22-21(15-30-20)31-29(35)32(22)19-12-25(39-2)27(41-4)26(13-19)40-3/h5-15H,1-4H3,(H,31,35). The number of ether oxygens (including phenoxy) is 5. The van der Waals surface area contributed by atoms with E-state index < -0.39 is 16.6 Å². The van der Waals surface area contributed by atoms with Crippen LogP contribution < -0.4 is 29.4 Å². The normalized spacial score (nSPS) is 10.8. The summed E-state index contributed by atoms with van der Waals surface area (Å²) in [5.41, 5.74) is 2.05. The maximum absolute atomic E-state index is 13.0. The highest BCUT2D eigenvalue weighted by Crippen LogP contribution is 2.40. The molecule has 13 nitrogen and oxygen atoms in total. The number of imidazole rings is 1. The SMILES string of the molecule is COc1ccc(-c2cc3c(cn2)[nH]c(=O)n3-c2cc(OC)c(OC)c(OC)c2)cc1OC(=O)c1ccc([N+](=O)[O-])cc1. The van der Waals surface area contributed by atoms with Crippen molar-refractivity contribution in [2.75, 3.05) is 28.4 Å². The number of hydrogen-bond donors (Lipinski definition) is 1. The minimum atomic E-state index is -0.731. The van der Waals surface area contributed by atoms with Gasteiger partial charge in [-0.05, 0) is 36.4 Å². The monoisotopic (exact) mass is 572 g/mol. The number of non-ortho nitro benzene ring substituents is 1. The van der Waals surface area contributed by atoms with Crippen molar-refractivity contribution in [3.8, 4) is 45.7 Å². The highest BCUT2D eigenvalue weighted by Gasteiger charge is 2.19. The van der Waals surface area contributed by atoms with E-state index in [1.54, 1.807) is 36.4 Å². The van der Waals surface area contributed by atoms with Crippen LogP contribution in [0.3, 0.4) is 0 Å². The lowest BCUT2D eigenvalue weighted by atomic mass is 10.1. The van der Waals surface area contributed by atoms with Crippen LogP contribution in [0.15, 0.2) is 71.7 Å². The lowest BCUT2D eigenvalue weighted by Gasteiger charge is -2.14. The number of hydrogen-bond acceptors (Lipinski definition) is 10. The Morgan fingerprint density at radius 3 is 2.12 bits per heavy atom. The highest BCUT2D eigenvalue weighted by molar-refractivity contribution is 5.92. The first-order valence-electron chi connectivity index (χ1n) is 12.3. The molecule has 0 aliphatic carbocycles. The van der Waals surface area contributed by atoms with Crippen molar-refractivity contribution in [2.24, 2.45) is 0 Å². The number of esters is 1. The third-order valence-electron chi connectivity index (χ3n) is 6.45. The number of pyridine rings is 1. The van der Waals surface area contributed by atoms with Crippen molar-refractivity contribution in [3.63, 3.8) is 0 Å². The number of aromatic amines is 1. The highest BCUT2D eigenvalue weighted by atomic mass is 16.6. The van der Waals surface area contributed by atoms with Gasteiger partial charge in [0.15, 0.2) is 23.0 Å². The van der Waals surface area contributed by atoms with Gasteiger partial charge < -0.3 is 28.7 Å². The minimum absolute atomic E-state index is 0.108. The lowest BCUT2D eigenvalue weighted by molar-refractivity contribution is -0.384. The third kappa shape index (κ3) is 5.06. The zero-order valence-electron chi connectivity index (χ0n) is 22.9. The first-order valence-corrected chi connectivity index (χ1v) is 12.3. The first kappa shape index (κ1) is 27.7. The van der Waals surface area contributed by atoms with Gasteiger partial charge in [-0.15, -0.1) is 0 Å². The van der Waals surface area contributed by atoms with E-state index in [0.29, 0.717) is 45.2 Å². The van der Waals surface area contributed by atoms with E-state index in [1.165, 1.54) is 63.5 Å². The van der Waals surface area contributed by atoms with Gasteiger partial charge in [0.1, 0.15) is 0 Å². The number of nitrogens with one attached hydrogen (secondary N) is 1. The Balaban J connectivity index is 1.55. The van der Waals surface area contributed by atoms with E-state index in [1.807, 2.05) is 0 Å². The van der Waals surface area contributed by atoms with Gasteiger partial charge in [-0.3, -0.25) is 19.7 Å². The molecule has 5 rings (SSSR count). The number of nitro groups is 1. The van der Waals surface area contributed by atoms with Crippen LogP contribution in [0.4, 0.5) is 5.69 Å². The summed E-state index contributed by atoms with van der Waals surface area (Å²) in [5.74, 6) is 0.787. The van der Waals surface area contributed by atoms with Crippen molar-refractivity contribution in [1.29, 1.82) is 0 Å². The summed E-state index contributed by atoms with van der Waals surface area (Å²) >= 11 is 0. The number of aromatic nitrogens is 3. The number of methoxy groups -OCH3 is 4. The van der Waals surface area contributed by atoms with Gasteiger partial charge in [-0.2, -0.15) is 0 Å². The fraction of sp³-hybridized carbons (Fsp3) is 0.138. The van der Waals surface area contributed by atoms with Crippen LogP contribution in [-0.4, -0.2) is 53.9 Å². The second kappa shape index (κ2) is 11.3. The predicted octanol–water partition coefficient (Wildman–Crippen LogP) is 4.54. The Bertz CT molecular complexity index is 1850. The van der Waals surface area contributed by atoms with Crippen LogP contribution >= 0.6 is 0 Å². The fourth-order valence-electron chi connectivity index (χ4n) is 4.41. The van der Waals surface area contributed by atoms with Crippen LogP contribution in [0.25, 0.3) is 28.0 Å². The predicted molar refractivity (Wildman–Crippen MR) is 151 cm³/mol. The summed E-state index contributed by atoms with van der Waals surface area (Å²) in [7, 11) is 5.88. The van der Waals surface area contributed by atoms with Gasteiger partial charge in [0, 0.05) is 29.8 Å². The molecule has 0 bridgehead atoms. The molecule has 0 aliphatic rings. The average molecular weight is 573 g/mol. The summed E-state index contributed by atoms with van der Waals surface area (Å²) < 4.78 is 28.7. The van der Waals surface area contributed by atoms with E-state index in [2.05, 4.69) is 9.97 Å². The second-order valence-electron chi connectivity index (χ2n) is 8.79. The Kier molecular flexibility index (Phi) is 7.47. The molecule has 0 aliphatic heterocycles. The maximum atomic E-state index is 13.0. The van der Waals surface area contributed by atoms with Crippen molar-refractivity contribution in [1.82, 2.24) is 14.5 Å². The van der Waals surface area contributed by atoms with Gasteiger partial charge in [0.05, 0.1) is 67.5 Å². The van der Waals surface area contributed by atoms with Gasteiger partial charge in [0.25, 0.3) is 5.69 Å². The van der Waals surface area contributed by atoms with E-state index in [9.17, 15) is 19.7 Å². The average Bonchev–Trinajstić information content (AvgIpc) is 3.34. The number of carbonyl (C=O) groups is 1. The molecule has 0 spiro atoms. The molecule has 0 atom stereocenters. The number of fused-ring (bicyclic) bond motifs is 1. The number of nitrogens with zero attached hydrogens (tertiary/aromatic N) is 3. The quantitative estimate of drug-likeness (QED) is 0.115. The second-order valence-corrected chi connectivity index (χ2v) is 8.79. The zero-order chi connectivity index (χ0) is 30.0. The van der Waals surface area contributed by atoms with E-state index in [-0.39, 0.29) is 22.7 Å². The van der Waals surface area contributed by atoms with Crippen LogP contribution in [0.5, 0.6) is 28.7 Å². The van der Waals surface area contributed by atoms with E-state index in [0.717, 1.165) is 0 Å². The van der Waals surface area contributed by atoms with Gasteiger partial charge in [-0.25, -0.2) is 9.59 Å². The van der Waals surface area contributed by atoms with E-state index >= 15 is 0 Å². The molecular formula is C29H24N4O9. The van der Waals surface area contributed by atoms with Crippen LogP contribution in [0, 0.1) is 10.1 Å². The Hall–Kier alpha value is -5.85. The number of H-pyrrole nitrogens is 1. The fourth-order valence-corrected chi connectivity index (χ4v) is 4.41. The molecule has 13 heteroatoms. The number of carbonyl (C=O) groups excluding carboxylic acids is 1. The summed E-state index contributed by atoms with van der Waals surface area (Å²) in [5, 5.41) is 10.9. The molecule has 0 amide bonds. The number of nitro benzene ring substituents is 1. The Labute approximate surface area is 238 Å². The molecule has 0 fully saturated rings. The molecule has 0 unspecified atom stereocenters. The van der Waals surface area contributed by atoms with E-state index in [4.69, 9.17) is 23.7 Å². The molecule has 0 saturated carbocycles. The lowest BCUT2D eigenvalue weighted by Crippen LogP contribution is -2.15. The van der Waals surface area contributed by atoms with Crippen molar-refractivity contribution in [2.45, 2.75) is 0 Å². The van der Waals surface area contributed by atoms with Crippen LogP contribution in [0.1, 0.15) is 10.4 Å². The number of benzene rings is 3. The molecule has 3 aromatic carbocycles. The zero-order valence-corrected chi connectivity index (χ0v) is 22.9. The largest absolute Gasteiger partial charge is 0.493 e. The number of rotatable bonds is 9. The summed E-state index contributed by atoms with van der Waals surface area (Å²) in [6.07, 6.45) is 1.52. The summed E-state index contributed by atoms with van der Waals surface area (Å²) in [6, 6.07) is 15.0. The molecule has 2 aromatic heterocycles. The Morgan fingerprint density at radius 1 is 0.857 bits per heavy atom. The molecule has 5 aromatic rings. The van der Waals surface area contributed by atoms with Crippen LogP contribution in [-0.2, 0) is 0 Å². The van der Waals surface area contributed by atoms with Gasteiger partial charge in [0.2, 0.25) is 5.75 Å². The van der Waals surface area contributed by atoms with Crippen molar-refractivity contribution >= 4 is 22.7 Å². The third-order valence-corrected chi connectivity index (χ3v) is 6.45. The van der Waals surface area contributed by atoms with Crippen molar-refractivity contribution in [3.05, 3.63) is 93.0 Å². The summed E-state index contributed by atoms with van der Waals surface area (Å²) in [4.78, 5) is 43.5.